The molecule has 0 bridgehead atoms. The Bertz CT molecular complexity index is 1110. The molecule has 1 saturated heterocycles. The van der Waals surface area contributed by atoms with E-state index >= 15 is 0 Å². The van der Waals surface area contributed by atoms with Crippen LogP contribution in [0.3, 0.4) is 0 Å². The van der Waals surface area contributed by atoms with E-state index < -0.39 is 0 Å². The van der Waals surface area contributed by atoms with Crippen molar-refractivity contribution in [1.82, 2.24) is 15.5 Å². The smallest absolute Gasteiger partial charge is 0.225 e. The fraction of sp³-hybridized carbons (Fsp3) is 0.323. The van der Waals surface area contributed by atoms with Crippen molar-refractivity contribution in [3.05, 3.63) is 113 Å². The van der Waals surface area contributed by atoms with Crippen LogP contribution < -0.4 is 10.6 Å². The lowest BCUT2D eigenvalue weighted by Crippen LogP contribution is -2.44. The Labute approximate surface area is 211 Å². The average molecular weight is 470 g/mol. The molecule has 1 aliphatic rings. The van der Waals surface area contributed by atoms with Crippen molar-refractivity contribution >= 4 is 11.5 Å². The Morgan fingerprint density at radius 2 is 1.74 bits per heavy atom. The molecule has 0 spiro atoms. The summed E-state index contributed by atoms with van der Waals surface area (Å²) in [6.07, 6.45) is 3.99. The Morgan fingerprint density at radius 3 is 2.40 bits per heavy atom. The highest BCUT2D eigenvalue weighted by molar-refractivity contribution is 5.80. The number of benzene rings is 2. The van der Waals surface area contributed by atoms with Crippen LogP contribution in [0.15, 0.2) is 96.5 Å². The van der Waals surface area contributed by atoms with Crippen LogP contribution in [-0.4, -0.2) is 23.9 Å². The summed E-state index contributed by atoms with van der Waals surface area (Å²) in [5, 5.41) is 6.51. The highest BCUT2D eigenvalue weighted by Crippen LogP contribution is 2.28. The fourth-order valence-electron chi connectivity index (χ4n) is 4.47. The number of carbonyl (C=O) groups is 1. The molecular weight excluding hydrogens is 430 g/mol. The van der Waals surface area contributed by atoms with Gasteiger partial charge in [0, 0.05) is 25.3 Å². The predicted molar refractivity (Wildman–Crippen MR) is 147 cm³/mol. The standard InChI is InChI=1S/C31H39N3O/c1-7-30(28-12-9-8-10-13-28)24(4)23(3)25(5)33-26(6)34-19-11-14-29(21-34)31(35)32-20-27-17-15-22(2)16-18-27/h7-10,12-13,15-18,29,33H,5-6,11,14,19-21H2,1-4H3,(H,32,35)/b24-23+,30-7+. The van der Waals surface area contributed by atoms with Crippen molar-refractivity contribution in [2.45, 2.75) is 47.1 Å². The van der Waals surface area contributed by atoms with E-state index in [1.54, 1.807) is 0 Å². The number of likely N-dealkylation sites (tertiary alicyclic amines) is 1. The molecule has 0 saturated carbocycles. The van der Waals surface area contributed by atoms with E-state index in [0.29, 0.717) is 13.1 Å². The van der Waals surface area contributed by atoms with Crippen LogP contribution in [0, 0.1) is 12.8 Å². The van der Waals surface area contributed by atoms with Gasteiger partial charge in [-0.3, -0.25) is 4.79 Å². The Hall–Kier alpha value is -3.53. The second-order valence-electron chi connectivity index (χ2n) is 9.36. The molecule has 1 aliphatic heterocycles. The largest absolute Gasteiger partial charge is 0.358 e. The first-order valence-electron chi connectivity index (χ1n) is 12.4. The lowest BCUT2D eigenvalue weighted by Gasteiger charge is -2.35. The molecule has 0 aliphatic carbocycles. The third-order valence-corrected chi connectivity index (χ3v) is 6.85. The summed E-state index contributed by atoms with van der Waals surface area (Å²) in [5.74, 6) is 0.849. The van der Waals surface area contributed by atoms with Gasteiger partial charge in [0.2, 0.25) is 5.91 Å². The van der Waals surface area contributed by atoms with E-state index in [1.807, 2.05) is 6.07 Å². The summed E-state index contributed by atoms with van der Waals surface area (Å²) < 4.78 is 0. The zero-order valence-corrected chi connectivity index (χ0v) is 21.7. The van der Waals surface area contributed by atoms with Gasteiger partial charge >= 0.3 is 0 Å². The number of aryl methyl sites for hydroxylation is 1. The summed E-state index contributed by atoms with van der Waals surface area (Å²) in [6, 6.07) is 18.7. The van der Waals surface area contributed by atoms with Crippen LogP contribution in [0.5, 0.6) is 0 Å². The molecule has 4 heteroatoms. The Morgan fingerprint density at radius 1 is 1.06 bits per heavy atom. The Balaban J connectivity index is 1.58. The van der Waals surface area contributed by atoms with Crippen LogP contribution >= 0.6 is 0 Å². The summed E-state index contributed by atoms with van der Waals surface area (Å²) in [4.78, 5) is 15.0. The third kappa shape index (κ3) is 6.98. The molecule has 35 heavy (non-hydrogen) atoms. The topological polar surface area (TPSA) is 44.4 Å². The maximum atomic E-state index is 12.8. The first kappa shape index (κ1) is 26.1. The number of nitrogens with one attached hydrogen (secondary N) is 2. The SMILES string of the molecule is C=C(NC(=C)N1CCCC(C(=O)NCc2ccc(C)cc2)C1)/C(C)=C(C)/C(=C\C)c1ccccc1. The van der Waals surface area contributed by atoms with Gasteiger partial charge in [-0.05, 0) is 68.4 Å². The number of rotatable bonds is 9. The van der Waals surface area contributed by atoms with Gasteiger partial charge in [0.15, 0.2) is 0 Å². The summed E-state index contributed by atoms with van der Waals surface area (Å²) in [7, 11) is 0. The van der Waals surface area contributed by atoms with E-state index in [0.717, 1.165) is 42.0 Å². The zero-order chi connectivity index (χ0) is 25.4. The van der Waals surface area contributed by atoms with Crippen LogP contribution in [0.1, 0.15) is 50.3 Å². The molecule has 1 fully saturated rings. The van der Waals surface area contributed by atoms with Gasteiger partial charge in [0.1, 0.15) is 0 Å². The Kier molecular flexibility index (Phi) is 9.13. The lowest BCUT2D eigenvalue weighted by molar-refractivity contribution is -0.126. The van der Waals surface area contributed by atoms with Crippen LogP contribution in [0.25, 0.3) is 5.57 Å². The predicted octanol–water partition coefficient (Wildman–Crippen LogP) is 6.34. The highest BCUT2D eigenvalue weighted by atomic mass is 16.1. The van der Waals surface area contributed by atoms with Gasteiger partial charge in [0.25, 0.3) is 0 Å². The molecule has 2 aromatic carbocycles. The summed E-state index contributed by atoms with van der Waals surface area (Å²) >= 11 is 0. The monoisotopic (exact) mass is 469 g/mol. The van der Waals surface area contributed by atoms with E-state index in [-0.39, 0.29) is 11.8 Å². The van der Waals surface area contributed by atoms with Crippen LogP contribution in [-0.2, 0) is 11.3 Å². The number of nitrogens with zero attached hydrogens (tertiary/aromatic N) is 1. The fourth-order valence-corrected chi connectivity index (χ4v) is 4.47. The molecule has 1 amide bonds. The summed E-state index contributed by atoms with van der Waals surface area (Å²) in [6.45, 7) is 19.0. The van der Waals surface area contributed by atoms with Crippen LogP contribution in [0.2, 0.25) is 0 Å². The van der Waals surface area contributed by atoms with Crippen molar-refractivity contribution in [1.29, 1.82) is 0 Å². The number of piperidine rings is 1. The second kappa shape index (κ2) is 12.3. The minimum absolute atomic E-state index is 0.0490. The van der Waals surface area contributed by atoms with E-state index in [4.69, 9.17) is 0 Å². The van der Waals surface area contributed by atoms with Crippen molar-refractivity contribution in [2.24, 2.45) is 5.92 Å². The minimum atomic E-state index is -0.0490. The second-order valence-corrected chi connectivity index (χ2v) is 9.36. The van der Waals surface area contributed by atoms with Gasteiger partial charge < -0.3 is 15.5 Å². The number of carbonyl (C=O) groups excluding carboxylic acids is 1. The molecule has 4 nitrogen and oxygen atoms in total. The van der Waals surface area contributed by atoms with Gasteiger partial charge in [-0.25, -0.2) is 0 Å². The molecule has 0 aromatic heterocycles. The highest BCUT2D eigenvalue weighted by Gasteiger charge is 2.26. The van der Waals surface area contributed by atoms with E-state index in [2.05, 4.69) is 111 Å². The minimum Gasteiger partial charge on any atom is -0.358 e. The van der Waals surface area contributed by atoms with Crippen molar-refractivity contribution in [3.8, 4) is 0 Å². The number of amides is 1. The first-order valence-corrected chi connectivity index (χ1v) is 12.4. The molecule has 1 unspecified atom stereocenters. The summed E-state index contributed by atoms with van der Waals surface area (Å²) in [5.41, 5.74) is 7.82. The molecule has 2 N–H and O–H groups in total. The van der Waals surface area contributed by atoms with Gasteiger partial charge in [0.05, 0.1) is 11.7 Å². The molecule has 1 heterocycles. The molecule has 3 rings (SSSR count). The quantitative estimate of drug-likeness (QED) is 0.421. The molecule has 0 radical (unpaired) electrons. The lowest BCUT2D eigenvalue weighted by atomic mass is 9.94. The maximum Gasteiger partial charge on any atom is 0.225 e. The van der Waals surface area contributed by atoms with Gasteiger partial charge in [-0.1, -0.05) is 79.4 Å². The van der Waals surface area contributed by atoms with Crippen molar-refractivity contribution < 1.29 is 4.79 Å². The molecule has 1 atom stereocenters. The molecule has 184 valence electrons. The third-order valence-electron chi connectivity index (χ3n) is 6.85. The van der Waals surface area contributed by atoms with Crippen molar-refractivity contribution in [3.63, 3.8) is 0 Å². The number of allylic oxidation sites excluding steroid dienone is 4. The number of hydrogen-bond acceptors (Lipinski definition) is 3. The zero-order valence-electron chi connectivity index (χ0n) is 21.7. The molecule has 2 aromatic rings. The molecular formula is C31H39N3O. The van der Waals surface area contributed by atoms with Crippen molar-refractivity contribution in [2.75, 3.05) is 13.1 Å². The first-order chi connectivity index (χ1) is 16.8. The normalized spacial score (nSPS) is 16.9. The maximum absolute atomic E-state index is 12.8. The van der Waals surface area contributed by atoms with Gasteiger partial charge in [-0.15, -0.1) is 0 Å². The number of hydrogen-bond donors (Lipinski definition) is 2. The van der Waals surface area contributed by atoms with E-state index in [1.165, 1.54) is 22.3 Å². The van der Waals surface area contributed by atoms with E-state index in [9.17, 15) is 4.79 Å². The van der Waals surface area contributed by atoms with Crippen LogP contribution in [0.4, 0.5) is 0 Å². The van der Waals surface area contributed by atoms with Gasteiger partial charge in [-0.2, -0.15) is 0 Å². The average Bonchev–Trinajstić information content (AvgIpc) is 2.88.